The predicted molar refractivity (Wildman–Crippen MR) is 60.5 cm³/mol. The highest BCUT2D eigenvalue weighted by atomic mass is 16.1. The second-order valence-corrected chi connectivity index (χ2v) is 5.41. The average molecular weight is 196 g/mol. The molecule has 80 valence electrons. The van der Waals surface area contributed by atoms with Crippen LogP contribution in [-0.2, 0) is 9.59 Å². The largest absolute Gasteiger partial charge is 0.311 e. The van der Waals surface area contributed by atoms with Gasteiger partial charge in [-0.25, -0.2) is 0 Å². The zero-order valence-corrected chi connectivity index (χ0v) is 10.2. The van der Waals surface area contributed by atoms with Crippen molar-refractivity contribution in [3.8, 4) is 0 Å². The van der Waals surface area contributed by atoms with Gasteiger partial charge in [0.2, 0.25) is 0 Å². The van der Waals surface area contributed by atoms with Crippen LogP contribution in [0.5, 0.6) is 0 Å². The quantitative estimate of drug-likeness (QED) is 0.647. The van der Waals surface area contributed by atoms with Crippen molar-refractivity contribution < 1.29 is 9.59 Å². The van der Waals surface area contributed by atoms with Gasteiger partial charge in [-0.1, -0.05) is 46.9 Å². The lowest BCUT2D eigenvalue weighted by Crippen LogP contribution is -2.42. The fourth-order valence-electron chi connectivity index (χ4n) is 1.45. The minimum Gasteiger partial charge on any atom is -0.311 e. The summed E-state index contributed by atoms with van der Waals surface area (Å²) in [5.41, 5.74) is -0.345. The van der Waals surface area contributed by atoms with E-state index >= 15 is 0 Å². The molecule has 0 radical (unpaired) electrons. The Bertz CT molecular complexity index is 226. The molecular weight excluding hydrogens is 175 g/mol. The standard InChI is InChI=1S/C11H21BO2/c1-8(2)7-12(9(3)13)10(14)11(4,5)6/h8H,7H2,1-6H3. The predicted octanol–water partition coefficient (Wildman–Crippen LogP) is 2.42. The van der Waals surface area contributed by atoms with Gasteiger partial charge in [-0.05, 0) is 6.92 Å². The van der Waals surface area contributed by atoms with E-state index in [-0.39, 0.29) is 11.4 Å². The molecule has 0 bridgehead atoms. The third-order valence-corrected chi connectivity index (χ3v) is 2.25. The monoisotopic (exact) mass is 196 g/mol. The van der Waals surface area contributed by atoms with Crippen molar-refractivity contribution in [1.82, 2.24) is 0 Å². The Hall–Kier alpha value is -0.595. The average Bonchev–Trinajstić information content (AvgIpc) is 1.96. The lowest BCUT2D eigenvalue weighted by atomic mass is 9.36. The molecule has 0 aromatic heterocycles. The molecule has 0 N–H and O–H groups in total. The minimum atomic E-state index is -0.411. The molecule has 0 unspecified atom stereocenters. The van der Waals surface area contributed by atoms with Crippen molar-refractivity contribution in [3.63, 3.8) is 0 Å². The van der Waals surface area contributed by atoms with Crippen LogP contribution < -0.4 is 0 Å². The molecule has 0 aromatic carbocycles. The van der Waals surface area contributed by atoms with Gasteiger partial charge >= 0.3 is 6.71 Å². The highest BCUT2D eigenvalue weighted by Gasteiger charge is 2.36. The van der Waals surface area contributed by atoms with Gasteiger partial charge in [-0.15, -0.1) is 0 Å². The summed E-state index contributed by atoms with van der Waals surface area (Å²) < 4.78 is 0. The fourth-order valence-corrected chi connectivity index (χ4v) is 1.45. The van der Waals surface area contributed by atoms with E-state index in [4.69, 9.17) is 0 Å². The van der Waals surface area contributed by atoms with E-state index in [1.807, 2.05) is 34.6 Å². The Labute approximate surface area is 87.5 Å². The first-order valence-corrected chi connectivity index (χ1v) is 5.21. The van der Waals surface area contributed by atoms with Crippen LogP contribution >= 0.6 is 0 Å². The molecule has 3 heteroatoms. The highest BCUT2D eigenvalue weighted by molar-refractivity contribution is 7.11. The molecule has 0 saturated heterocycles. The maximum atomic E-state index is 11.9. The Morgan fingerprint density at radius 2 is 1.64 bits per heavy atom. The van der Waals surface area contributed by atoms with E-state index in [1.165, 1.54) is 6.92 Å². The van der Waals surface area contributed by atoms with E-state index < -0.39 is 12.1 Å². The van der Waals surface area contributed by atoms with Crippen molar-refractivity contribution in [1.29, 1.82) is 0 Å². The van der Waals surface area contributed by atoms with Gasteiger partial charge in [-0.2, -0.15) is 0 Å². The van der Waals surface area contributed by atoms with Crippen molar-refractivity contribution in [3.05, 3.63) is 0 Å². The maximum absolute atomic E-state index is 11.9. The van der Waals surface area contributed by atoms with Gasteiger partial charge in [-0.3, -0.25) is 0 Å². The first kappa shape index (κ1) is 13.4. The first-order valence-electron chi connectivity index (χ1n) is 5.21. The van der Waals surface area contributed by atoms with E-state index in [0.29, 0.717) is 12.2 Å². The Balaban J connectivity index is 4.68. The summed E-state index contributed by atoms with van der Waals surface area (Å²) in [5, 5.41) is 0. The van der Waals surface area contributed by atoms with Crippen LogP contribution in [-0.4, -0.2) is 18.1 Å². The Kier molecular flexibility index (Phi) is 4.56. The van der Waals surface area contributed by atoms with Gasteiger partial charge in [0.25, 0.3) is 0 Å². The van der Waals surface area contributed by atoms with Crippen LogP contribution in [0.25, 0.3) is 0 Å². The van der Waals surface area contributed by atoms with Crippen LogP contribution in [0.3, 0.4) is 0 Å². The summed E-state index contributed by atoms with van der Waals surface area (Å²) in [4.78, 5) is 23.3. The molecule has 0 amide bonds. The van der Waals surface area contributed by atoms with Crippen LogP contribution in [0, 0.1) is 11.3 Å². The molecule has 0 aromatic rings. The minimum absolute atomic E-state index is 0.00127. The van der Waals surface area contributed by atoms with Gasteiger partial charge < -0.3 is 9.59 Å². The number of hydrogen-bond donors (Lipinski definition) is 0. The second-order valence-electron chi connectivity index (χ2n) is 5.41. The lowest BCUT2D eigenvalue weighted by Gasteiger charge is -2.21. The van der Waals surface area contributed by atoms with Gasteiger partial charge in [0.15, 0.2) is 0 Å². The maximum Gasteiger partial charge on any atom is 0.302 e. The SMILES string of the molecule is CC(=O)B(CC(C)C)C(=O)C(C)(C)C. The molecule has 2 nitrogen and oxygen atoms in total. The zero-order valence-electron chi connectivity index (χ0n) is 10.2. The van der Waals surface area contributed by atoms with Crippen LogP contribution in [0.15, 0.2) is 0 Å². The smallest absolute Gasteiger partial charge is 0.302 e. The molecule has 0 aliphatic carbocycles. The molecule has 0 aliphatic heterocycles. The van der Waals surface area contributed by atoms with Crippen LogP contribution in [0.4, 0.5) is 0 Å². The summed E-state index contributed by atoms with van der Waals surface area (Å²) in [5.74, 6) is 0.384. The fraction of sp³-hybridized carbons (Fsp3) is 0.818. The van der Waals surface area contributed by atoms with E-state index in [9.17, 15) is 9.59 Å². The van der Waals surface area contributed by atoms with Crippen molar-refractivity contribution >= 4 is 18.1 Å². The topological polar surface area (TPSA) is 34.1 Å². The molecule has 0 spiro atoms. The molecule has 0 saturated carbocycles. The van der Waals surface area contributed by atoms with Crippen LogP contribution in [0.2, 0.25) is 6.32 Å². The van der Waals surface area contributed by atoms with Gasteiger partial charge in [0, 0.05) is 5.41 Å². The summed E-state index contributed by atoms with van der Waals surface area (Å²) >= 11 is 0. The lowest BCUT2D eigenvalue weighted by molar-refractivity contribution is -0.120. The molecular formula is C11H21BO2. The first-order chi connectivity index (χ1) is 6.16. The molecule has 0 fully saturated rings. The second kappa shape index (κ2) is 4.76. The molecule has 14 heavy (non-hydrogen) atoms. The van der Waals surface area contributed by atoms with Crippen molar-refractivity contribution in [2.75, 3.05) is 0 Å². The van der Waals surface area contributed by atoms with Gasteiger partial charge in [0.1, 0.15) is 5.68 Å². The number of carbonyl (C=O) groups excluding carboxylic acids is 2. The summed E-state index contributed by atoms with van der Waals surface area (Å²) in [6.45, 7) is 10.8. The highest BCUT2D eigenvalue weighted by Crippen LogP contribution is 2.20. The summed E-state index contributed by atoms with van der Waals surface area (Å²) in [7, 11) is 0. The van der Waals surface area contributed by atoms with Gasteiger partial charge in [0.05, 0.1) is 5.68 Å². The third-order valence-electron chi connectivity index (χ3n) is 2.25. The van der Waals surface area contributed by atoms with Crippen molar-refractivity contribution in [2.45, 2.75) is 47.9 Å². The zero-order chi connectivity index (χ0) is 11.5. The van der Waals surface area contributed by atoms with Crippen molar-refractivity contribution in [2.24, 2.45) is 11.3 Å². The van der Waals surface area contributed by atoms with E-state index in [2.05, 4.69) is 0 Å². The summed E-state index contributed by atoms with van der Waals surface area (Å²) in [6.07, 6.45) is 0.672. The van der Waals surface area contributed by atoms with Crippen LogP contribution in [0.1, 0.15) is 41.5 Å². The molecule has 0 heterocycles. The van der Waals surface area contributed by atoms with E-state index in [0.717, 1.165) is 0 Å². The molecule has 0 aliphatic rings. The summed E-state index contributed by atoms with van der Waals surface area (Å²) in [6, 6.07) is 0. The molecule has 0 atom stereocenters. The molecule has 0 rings (SSSR count). The Morgan fingerprint density at radius 1 is 1.21 bits per heavy atom. The number of hydrogen-bond acceptors (Lipinski definition) is 2. The Morgan fingerprint density at radius 3 is 1.86 bits per heavy atom. The van der Waals surface area contributed by atoms with E-state index in [1.54, 1.807) is 0 Å². The number of rotatable bonds is 4. The third kappa shape index (κ3) is 4.08. The normalized spacial score (nSPS) is 11.6. The number of carbonyl (C=O) groups is 2.